The molecule has 180 valence electrons. The first-order valence-corrected chi connectivity index (χ1v) is 11.7. The zero-order chi connectivity index (χ0) is 24.0. The maximum absolute atomic E-state index is 13.7. The molecule has 1 fully saturated rings. The van der Waals surface area contributed by atoms with Crippen molar-refractivity contribution in [2.75, 3.05) is 37.7 Å². The van der Waals surface area contributed by atoms with Gasteiger partial charge in [-0.1, -0.05) is 6.92 Å². The van der Waals surface area contributed by atoms with Gasteiger partial charge in [0.05, 0.1) is 30.8 Å². The van der Waals surface area contributed by atoms with Crippen molar-refractivity contribution >= 4 is 22.9 Å². The molecule has 3 aromatic rings. The highest BCUT2D eigenvalue weighted by molar-refractivity contribution is 5.98. The number of aryl methyl sites for hydroxylation is 2. The Labute approximate surface area is 196 Å². The van der Waals surface area contributed by atoms with E-state index >= 15 is 0 Å². The van der Waals surface area contributed by atoms with Crippen LogP contribution in [0.3, 0.4) is 0 Å². The summed E-state index contributed by atoms with van der Waals surface area (Å²) in [7, 11) is 3.09. The minimum Gasteiger partial charge on any atom is -0.378 e. The van der Waals surface area contributed by atoms with Gasteiger partial charge in [-0.2, -0.15) is 0 Å². The van der Waals surface area contributed by atoms with Crippen molar-refractivity contribution in [3.8, 4) is 0 Å². The lowest BCUT2D eigenvalue weighted by Crippen LogP contribution is -2.40. The van der Waals surface area contributed by atoms with Crippen LogP contribution in [0.15, 0.2) is 21.9 Å². The summed E-state index contributed by atoms with van der Waals surface area (Å²) < 4.78 is 9.74. The smallest absolute Gasteiger partial charge is 0.332 e. The number of fused-ring (bicyclic) bond motifs is 2. The van der Waals surface area contributed by atoms with Gasteiger partial charge in [0.1, 0.15) is 11.3 Å². The molecule has 0 bridgehead atoms. The maximum atomic E-state index is 13.7. The average Bonchev–Trinajstić information content (AvgIpc) is 3.25. The van der Waals surface area contributed by atoms with Crippen LogP contribution in [0, 0.1) is 0 Å². The Morgan fingerprint density at radius 2 is 1.88 bits per heavy atom. The van der Waals surface area contributed by atoms with Gasteiger partial charge in [-0.15, -0.1) is 0 Å². The molecule has 1 saturated heterocycles. The molecule has 11 nitrogen and oxygen atoms in total. The fourth-order valence-corrected chi connectivity index (χ4v) is 4.81. The van der Waals surface area contributed by atoms with Crippen molar-refractivity contribution in [3.63, 3.8) is 0 Å². The molecule has 0 unspecified atom stereocenters. The van der Waals surface area contributed by atoms with E-state index < -0.39 is 11.2 Å². The Bertz CT molecular complexity index is 1380. The molecule has 0 radical (unpaired) electrons. The number of ether oxygens (including phenoxy) is 1. The average molecular weight is 468 g/mol. The topological polar surface area (TPSA) is 107 Å². The molecule has 0 N–H and O–H groups in total. The first-order chi connectivity index (χ1) is 16.4. The lowest BCUT2D eigenvalue weighted by atomic mass is 10.1. The number of carbonyl (C=O) groups is 1. The van der Waals surface area contributed by atoms with Gasteiger partial charge in [0.25, 0.3) is 11.5 Å². The van der Waals surface area contributed by atoms with Crippen LogP contribution in [0.4, 0.5) is 5.95 Å². The molecule has 0 aromatic carbocycles. The summed E-state index contributed by atoms with van der Waals surface area (Å²) in [4.78, 5) is 52.2. The molecular weight excluding hydrogens is 438 g/mol. The number of hydrogen-bond acceptors (Lipinski definition) is 7. The lowest BCUT2D eigenvalue weighted by Gasteiger charge is -2.31. The van der Waals surface area contributed by atoms with Crippen molar-refractivity contribution in [3.05, 3.63) is 50.1 Å². The van der Waals surface area contributed by atoms with Gasteiger partial charge in [-0.25, -0.2) is 14.8 Å². The van der Waals surface area contributed by atoms with E-state index in [1.54, 1.807) is 22.6 Å². The minimum absolute atomic E-state index is 0.170. The third kappa shape index (κ3) is 3.60. The second-order valence-electron chi connectivity index (χ2n) is 8.84. The van der Waals surface area contributed by atoms with Gasteiger partial charge in [0, 0.05) is 46.5 Å². The van der Waals surface area contributed by atoms with Crippen LogP contribution in [0.5, 0.6) is 0 Å². The fraction of sp³-hybridized carbons (Fsp3) is 0.522. The normalized spacial score (nSPS) is 16.2. The van der Waals surface area contributed by atoms with Gasteiger partial charge in [0.15, 0.2) is 0 Å². The SMILES string of the molecule is CCCn1c(C(=O)N2CCc3cnc(N4CCOCC4)nc3C2)cc2c(=O)n(C)c(=O)n(C)c21. The number of nitrogens with zero attached hydrogens (tertiary/aromatic N) is 7. The number of hydrogen-bond donors (Lipinski definition) is 0. The first-order valence-electron chi connectivity index (χ1n) is 11.7. The third-order valence-electron chi connectivity index (χ3n) is 6.68. The van der Waals surface area contributed by atoms with Crippen LogP contribution in [0.25, 0.3) is 11.0 Å². The summed E-state index contributed by atoms with van der Waals surface area (Å²) in [5.74, 6) is 0.492. The van der Waals surface area contributed by atoms with E-state index in [4.69, 9.17) is 9.72 Å². The predicted octanol–water partition coefficient (Wildman–Crippen LogP) is 0.274. The highest BCUT2D eigenvalue weighted by Gasteiger charge is 2.28. The van der Waals surface area contributed by atoms with E-state index in [-0.39, 0.29) is 5.91 Å². The van der Waals surface area contributed by atoms with Gasteiger partial charge < -0.3 is 19.1 Å². The summed E-state index contributed by atoms with van der Waals surface area (Å²) in [6.07, 6.45) is 3.29. The van der Waals surface area contributed by atoms with Gasteiger partial charge in [-0.3, -0.25) is 18.7 Å². The van der Waals surface area contributed by atoms with E-state index in [1.807, 2.05) is 13.1 Å². The zero-order valence-electron chi connectivity index (χ0n) is 19.8. The van der Waals surface area contributed by atoms with E-state index in [1.165, 1.54) is 11.6 Å². The highest BCUT2D eigenvalue weighted by Crippen LogP contribution is 2.24. The van der Waals surface area contributed by atoms with E-state index in [2.05, 4.69) is 9.88 Å². The second-order valence-corrected chi connectivity index (χ2v) is 8.84. The summed E-state index contributed by atoms with van der Waals surface area (Å²) in [5.41, 5.74) is 1.98. The molecule has 3 aromatic heterocycles. The Balaban J connectivity index is 1.51. The van der Waals surface area contributed by atoms with Crippen molar-refractivity contribution in [2.24, 2.45) is 14.1 Å². The van der Waals surface area contributed by atoms with E-state index in [0.29, 0.717) is 61.9 Å². The number of amides is 1. The minimum atomic E-state index is -0.411. The maximum Gasteiger partial charge on any atom is 0.332 e. The van der Waals surface area contributed by atoms with Crippen LogP contribution in [-0.4, -0.2) is 67.3 Å². The lowest BCUT2D eigenvalue weighted by molar-refractivity contribution is 0.0721. The number of rotatable bonds is 4. The monoisotopic (exact) mass is 467 g/mol. The van der Waals surface area contributed by atoms with Crippen molar-refractivity contribution in [1.82, 2.24) is 28.6 Å². The quantitative estimate of drug-likeness (QED) is 0.542. The van der Waals surface area contributed by atoms with Gasteiger partial charge in [-0.05, 0) is 24.5 Å². The Hall–Kier alpha value is -3.47. The molecule has 0 saturated carbocycles. The highest BCUT2D eigenvalue weighted by atomic mass is 16.5. The Morgan fingerprint density at radius 3 is 2.62 bits per heavy atom. The summed E-state index contributed by atoms with van der Waals surface area (Å²) in [5, 5.41) is 0.371. The molecule has 0 atom stereocenters. The molecule has 5 rings (SSSR count). The molecule has 0 aliphatic carbocycles. The predicted molar refractivity (Wildman–Crippen MR) is 126 cm³/mol. The van der Waals surface area contributed by atoms with Crippen molar-refractivity contribution < 1.29 is 9.53 Å². The summed E-state index contributed by atoms with van der Waals surface area (Å²) in [6.45, 7) is 6.22. The van der Waals surface area contributed by atoms with E-state index in [0.717, 1.165) is 35.3 Å². The van der Waals surface area contributed by atoms with Crippen LogP contribution in [0.2, 0.25) is 0 Å². The molecule has 0 spiro atoms. The molecule has 2 aliphatic rings. The van der Waals surface area contributed by atoms with Crippen LogP contribution < -0.4 is 16.1 Å². The third-order valence-corrected chi connectivity index (χ3v) is 6.68. The van der Waals surface area contributed by atoms with Crippen LogP contribution in [0.1, 0.15) is 35.1 Å². The van der Waals surface area contributed by atoms with Crippen LogP contribution in [-0.2, 0) is 38.3 Å². The Morgan fingerprint density at radius 1 is 1.12 bits per heavy atom. The number of anilines is 1. The molecule has 34 heavy (non-hydrogen) atoms. The molecule has 5 heterocycles. The second kappa shape index (κ2) is 8.71. The summed E-state index contributed by atoms with van der Waals surface area (Å²) >= 11 is 0. The molecular formula is C23H29N7O4. The van der Waals surface area contributed by atoms with E-state index in [9.17, 15) is 14.4 Å². The number of aromatic nitrogens is 5. The van der Waals surface area contributed by atoms with Crippen molar-refractivity contribution in [2.45, 2.75) is 32.9 Å². The fourth-order valence-electron chi connectivity index (χ4n) is 4.81. The standard InChI is InChI=1S/C23H29N7O4/c1-4-6-30-18(12-16-19(30)26(2)23(33)27(3)20(16)31)21(32)29-7-5-15-13-24-22(25-17(15)14-29)28-8-10-34-11-9-28/h12-13H,4-11,14H2,1-3H3. The first kappa shape index (κ1) is 22.3. The van der Waals surface area contributed by atoms with Gasteiger partial charge in [0.2, 0.25) is 5.95 Å². The number of carbonyl (C=O) groups excluding carboxylic acids is 1. The zero-order valence-corrected chi connectivity index (χ0v) is 19.8. The molecule has 2 aliphatic heterocycles. The molecule has 1 amide bonds. The Kier molecular flexibility index (Phi) is 5.72. The summed E-state index contributed by atoms with van der Waals surface area (Å²) in [6, 6.07) is 1.63. The van der Waals surface area contributed by atoms with Gasteiger partial charge >= 0.3 is 5.69 Å². The molecule has 11 heteroatoms. The number of morpholine rings is 1. The largest absolute Gasteiger partial charge is 0.378 e. The van der Waals surface area contributed by atoms with Crippen molar-refractivity contribution in [1.29, 1.82) is 0 Å². The van der Waals surface area contributed by atoms with Crippen LogP contribution >= 0.6 is 0 Å².